The second-order valence-electron chi connectivity index (χ2n) is 7.45. The predicted octanol–water partition coefficient (Wildman–Crippen LogP) is 3.33. The molecule has 25 heavy (non-hydrogen) atoms. The van der Waals surface area contributed by atoms with Crippen LogP contribution in [0.5, 0.6) is 0 Å². The summed E-state index contributed by atoms with van der Waals surface area (Å²) in [4.78, 5) is 29.7. The molecular formula is C20H24N2O3. The highest BCUT2D eigenvalue weighted by Gasteiger charge is 2.33. The third kappa shape index (κ3) is 3.32. The van der Waals surface area contributed by atoms with Crippen LogP contribution >= 0.6 is 0 Å². The summed E-state index contributed by atoms with van der Waals surface area (Å²) in [7, 11) is 0. The highest BCUT2D eigenvalue weighted by molar-refractivity contribution is 5.94. The van der Waals surface area contributed by atoms with E-state index >= 15 is 0 Å². The number of hydrogen-bond acceptors (Lipinski definition) is 4. The second kappa shape index (κ2) is 6.62. The van der Waals surface area contributed by atoms with E-state index in [0.717, 1.165) is 44.5 Å². The summed E-state index contributed by atoms with van der Waals surface area (Å²) in [6, 6.07) is 5.10. The summed E-state index contributed by atoms with van der Waals surface area (Å²) in [5.74, 6) is 1.68. The van der Waals surface area contributed by atoms with Crippen LogP contribution in [-0.2, 0) is 17.7 Å². The van der Waals surface area contributed by atoms with E-state index in [1.165, 1.54) is 6.42 Å². The zero-order chi connectivity index (χ0) is 17.4. The third-order valence-corrected chi connectivity index (χ3v) is 5.51. The Labute approximate surface area is 147 Å². The van der Waals surface area contributed by atoms with Crippen molar-refractivity contribution < 1.29 is 9.53 Å². The maximum absolute atomic E-state index is 12.8. The van der Waals surface area contributed by atoms with E-state index in [9.17, 15) is 9.59 Å². The van der Waals surface area contributed by atoms with Crippen molar-refractivity contribution in [2.75, 3.05) is 6.61 Å². The molecule has 2 aromatic rings. The van der Waals surface area contributed by atoms with Crippen LogP contribution in [0.4, 0.5) is 0 Å². The van der Waals surface area contributed by atoms with E-state index < -0.39 is 0 Å². The number of ether oxygens (including phenoxy) is 1. The lowest BCUT2D eigenvalue weighted by atomic mass is 10.1. The minimum absolute atomic E-state index is 0.00798. The summed E-state index contributed by atoms with van der Waals surface area (Å²) in [5, 5.41) is 0.580. The maximum Gasteiger partial charge on any atom is 0.338 e. The van der Waals surface area contributed by atoms with E-state index in [2.05, 4.69) is 6.92 Å². The van der Waals surface area contributed by atoms with Gasteiger partial charge in [-0.1, -0.05) is 19.8 Å². The fourth-order valence-corrected chi connectivity index (χ4v) is 3.62. The molecule has 2 atom stereocenters. The van der Waals surface area contributed by atoms with Crippen LogP contribution in [0, 0.1) is 11.8 Å². The molecule has 1 fully saturated rings. The maximum atomic E-state index is 12.8. The monoisotopic (exact) mass is 340 g/mol. The molecule has 2 aliphatic rings. The number of carbonyl (C=O) groups is 1. The molecule has 0 saturated heterocycles. The van der Waals surface area contributed by atoms with Crippen molar-refractivity contribution in [3.8, 4) is 0 Å². The smallest absolute Gasteiger partial charge is 0.338 e. The number of esters is 1. The highest BCUT2D eigenvalue weighted by atomic mass is 16.5. The normalized spacial score (nSPS) is 22.8. The number of rotatable bonds is 3. The van der Waals surface area contributed by atoms with Gasteiger partial charge in [-0.25, -0.2) is 9.78 Å². The van der Waals surface area contributed by atoms with Crippen LogP contribution in [0.3, 0.4) is 0 Å². The molecule has 0 amide bonds. The summed E-state index contributed by atoms with van der Waals surface area (Å²) in [6.45, 7) is 3.39. The molecule has 1 aromatic carbocycles. The molecule has 1 aliphatic heterocycles. The van der Waals surface area contributed by atoms with Gasteiger partial charge in [0.15, 0.2) is 0 Å². The van der Waals surface area contributed by atoms with E-state index in [1.807, 2.05) is 4.57 Å². The van der Waals surface area contributed by atoms with Crippen LogP contribution < -0.4 is 5.56 Å². The number of benzene rings is 1. The second-order valence-corrected chi connectivity index (χ2v) is 7.45. The largest absolute Gasteiger partial charge is 0.462 e. The summed E-state index contributed by atoms with van der Waals surface area (Å²) >= 11 is 0. The van der Waals surface area contributed by atoms with Gasteiger partial charge in [-0.2, -0.15) is 0 Å². The lowest BCUT2D eigenvalue weighted by Gasteiger charge is -2.16. The number of fused-ring (bicyclic) bond motifs is 2. The quantitative estimate of drug-likeness (QED) is 0.804. The molecule has 1 aliphatic carbocycles. The number of aromatic nitrogens is 2. The first-order valence-corrected chi connectivity index (χ1v) is 9.34. The molecule has 5 heteroatoms. The lowest BCUT2D eigenvalue weighted by molar-refractivity contribution is 0.0481. The van der Waals surface area contributed by atoms with Crippen molar-refractivity contribution in [3.05, 3.63) is 39.9 Å². The summed E-state index contributed by atoms with van der Waals surface area (Å²) < 4.78 is 7.21. The number of nitrogens with zero attached hydrogens (tertiary/aromatic N) is 2. The van der Waals surface area contributed by atoms with Crippen LogP contribution in [0.25, 0.3) is 10.9 Å². The molecule has 5 nitrogen and oxygen atoms in total. The van der Waals surface area contributed by atoms with E-state index in [-0.39, 0.29) is 11.5 Å². The van der Waals surface area contributed by atoms with Crippen molar-refractivity contribution in [3.63, 3.8) is 0 Å². The predicted molar refractivity (Wildman–Crippen MR) is 95.7 cm³/mol. The van der Waals surface area contributed by atoms with Crippen LogP contribution in [0.15, 0.2) is 23.0 Å². The van der Waals surface area contributed by atoms with Crippen molar-refractivity contribution in [1.82, 2.24) is 9.55 Å². The highest BCUT2D eigenvalue weighted by Crippen LogP contribution is 2.37. The minimum atomic E-state index is -0.324. The van der Waals surface area contributed by atoms with Gasteiger partial charge in [0.1, 0.15) is 5.82 Å². The van der Waals surface area contributed by atoms with Gasteiger partial charge in [0.2, 0.25) is 0 Å². The molecule has 2 unspecified atom stereocenters. The molecule has 0 N–H and O–H groups in total. The first kappa shape index (κ1) is 16.3. The molecule has 1 saturated carbocycles. The van der Waals surface area contributed by atoms with Gasteiger partial charge in [-0.15, -0.1) is 0 Å². The van der Waals surface area contributed by atoms with Crippen molar-refractivity contribution in [2.24, 2.45) is 11.8 Å². The summed E-state index contributed by atoms with van der Waals surface area (Å²) in [6.07, 6.45) is 6.37. The molecule has 2 heterocycles. The van der Waals surface area contributed by atoms with Gasteiger partial charge in [0.25, 0.3) is 5.56 Å². The van der Waals surface area contributed by atoms with Gasteiger partial charge in [-0.05, 0) is 49.3 Å². The molecule has 0 spiro atoms. The third-order valence-electron chi connectivity index (χ3n) is 5.51. The molecule has 4 rings (SSSR count). The first-order chi connectivity index (χ1) is 12.1. The van der Waals surface area contributed by atoms with Gasteiger partial charge in [0.05, 0.1) is 23.1 Å². The average molecular weight is 340 g/mol. The standard InChI is InChI=1S/C20H24N2O3/c1-13-10-15(13)12-25-20(24)14-7-8-16-17(11-14)21-18-6-4-2-3-5-9-22(18)19(16)23/h7-8,11,13,15H,2-6,9-10,12H2,1H3. The lowest BCUT2D eigenvalue weighted by Crippen LogP contribution is -2.26. The Kier molecular flexibility index (Phi) is 4.32. The fourth-order valence-electron chi connectivity index (χ4n) is 3.62. The molecule has 1 aromatic heterocycles. The van der Waals surface area contributed by atoms with Crippen LogP contribution in [0.2, 0.25) is 0 Å². The zero-order valence-electron chi connectivity index (χ0n) is 14.7. The Hall–Kier alpha value is -2.17. The minimum Gasteiger partial charge on any atom is -0.462 e. The number of carbonyl (C=O) groups excluding carboxylic acids is 1. The molecular weight excluding hydrogens is 316 g/mol. The van der Waals surface area contributed by atoms with Gasteiger partial charge in [-0.3, -0.25) is 9.36 Å². The van der Waals surface area contributed by atoms with E-state index in [1.54, 1.807) is 18.2 Å². The van der Waals surface area contributed by atoms with E-state index in [0.29, 0.717) is 34.9 Å². The molecule has 0 bridgehead atoms. The van der Waals surface area contributed by atoms with Crippen LogP contribution in [-0.4, -0.2) is 22.1 Å². The van der Waals surface area contributed by atoms with Crippen molar-refractivity contribution in [2.45, 2.75) is 52.0 Å². The summed E-state index contributed by atoms with van der Waals surface area (Å²) in [5.41, 5.74) is 1.09. The van der Waals surface area contributed by atoms with Gasteiger partial charge >= 0.3 is 5.97 Å². The number of aryl methyl sites for hydroxylation is 1. The fraction of sp³-hybridized carbons (Fsp3) is 0.550. The first-order valence-electron chi connectivity index (χ1n) is 9.34. The Morgan fingerprint density at radius 1 is 1.28 bits per heavy atom. The van der Waals surface area contributed by atoms with Gasteiger partial charge in [0, 0.05) is 13.0 Å². The van der Waals surface area contributed by atoms with Crippen molar-refractivity contribution >= 4 is 16.9 Å². The average Bonchev–Trinajstić information content (AvgIpc) is 3.29. The number of hydrogen-bond donors (Lipinski definition) is 0. The van der Waals surface area contributed by atoms with Crippen LogP contribution in [0.1, 0.15) is 55.2 Å². The molecule has 132 valence electrons. The molecule has 0 radical (unpaired) electrons. The Morgan fingerprint density at radius 3 is 2.88 bits per heavy atom. The van der Waals surface area contributed by atoms with Gasteiger partial charge < -0.3 is 4.74 Å². The Balaban J connectivity index is 1.64. The Bertz CT molecular complexity index is 871. The van der Waals surface area contributed by atoms with Crippen molar-refractivity contribution in [1.29, 1.82) is 0 Å². The van der Waals surface area contributed by atoms with E-state index in [4.69, 9.17) is 9.72 Å². The zero-order valence-corrected chi connectivity index (χ0v) is 14.7. The topological polar surface area (TPSA) is 61.2 Å². The SMILES string of the molecule is CC1CC1COC(=O)c1ccc2c(=O)n3c(nc2c1)CCCCCC3. The Morgan fingerprint density at radius 2 is 2.08 bits per heavy atom.